The Labute approximate surface area is 159 Å². The standard InChI is InChI=1S/C19H16F2N4OS/c20-12-4-5-15(21)11(7-12)10-27-19-14(9-23)17(13(8-22)18(24)25-19)16-3-1-2-6-26-16/h4-5,7,16H,1-3,6,10H2,(H2,24,25). The molecule has 0 radical (unpaired) electrons. The van der Waals surface area contributed by atoms with Crippen LogP contribution >= 0.6 is 11.8 Å². The Morgan fingerprint density at radius 1 is 1.22 bits per heavy atom. The summed E-state index contributed by atoms with van der Waals surface area (Å²) in [5.74, 6) is -1.01. The average Bonchev–Trinajstić information content (AvgIpc) is 2.68. The predicted octanol–water partition coefficient (Wildman–Crippen LogP) is 4.22. The van der Waals surface area contributed by atoms with E-state index in [1.54, 1.807) is 0 Å². The van der Waals surface area contributed by atoms with Gasteiger partial charge in [0.05, 0.1) is 11.7 Å². The third kappa shape index (κ3) is 4.02. The Bertz CT molecular complexity index is 946. The van der Waals surface area contributed by atoms with E-state index in [1.165, 1.54) is 0 Å². The number of nitrogens with zero attached hydrogens (tertiary/aromatic N) is 3. The lowest BCUT2D eigenvalue weighted by Gasteiger charge is -2.25. The van der Waals surface area contributed by atoms with Crippen LogP contribution in [0.1, 0.15) is 47.6 Å². The minimum absolute atomic E-state index is 0.00267. The molecule has 27 heavy (non-hydrogen) atoms. The third-order valence-corrected chi connectivity index (χ3v) is 5.35. The molecule has 2 heterocycles. The summed E-state index contributed by atoms with van der Waals surface area (Å²) in [6, 6.07) is 7.30. The summed E-state index contributed by atoms with van der Waals surface area (Å²) in [6.07, 6.45) is 2.11. The lowest BCUT2D eigenvalue weighted by atomic mass is 9.94. The molecule has 3 rings (SSSR count). The van der Waals surface area contributed by atoms with E-state index >= 15 is 0 Å². The molecule has 1 fully saturated rings. The molecule has 1 aromatic carbocycles. The summed E-state index contributed by atoms with van der Waals surface area (Å²) >= 11 is 1.07. The number of rotatable bonds is 4. The van der Waals surface area contributed by atoms with Crippen molar-refractivity contribution in [1.29, 1.82) is 10.5 Å². The molecule has 2 aromatic rings. The minimum atomic E-state index is -0.545. The molecular formula is C19H16F2N4OS. The quantitative estimate of drug-likeness (QED) is 0.791. The highest BCUT2D eigenvalue weighted by Crippen LogP contribution is 2.38. The second-order valence-electron chi connectivity index (χ2n) is 6.07. The second-order valence-corrected chi connectivity index (χ2v) is 7.03. The molecule has 0 saturated carbocycles. The summed E-state index contributed by atoms with van der Waals surface area (Å²) in [6.45, 7) is 0.541. The molecule has 0 amide bonds. The number of hydrogen-bond acceptors (Lipinski definition) is 6. The van der Waals surface area contributed by atoms with Gasteiger partial charge in [0.25, 0.3) is 0 Å². The van der Waals surface area contributed by atoms with Crippen LogP contribution in [0.15, 0.2) is 23.2 Å². The zero-order chi connectivity index (χ0) is 19.4. The average molecular weight is 386 g/mol. The molecule has 8 heteroatoms. The van der Waals surface area contributed by atoms with Crippen molar-refractivity contribution in [3.63, 3.8) is 0 Å². The van der Waals surface area contributed by atoms with Gasteiger partial charge in [-0.2, -0.15) is 10.5 Å². The van der Waals surface area contributed by atoms with E-state index in [1.807, 2.05) is 6.07 Å². The fourth-order valence-electron chi connectivity index (χ4n) is 3.02. The Morgan fingerprint density at radius 3 is 2.67 bits per heavy atom. The maximum atomic E-state index is 13.9. The first-order chi connectivity index (χ1) is 13.0. The molecule has 0 aliphatic carbocycles. The number of nitrogen functional groups attached to an aromatic ring is 1. The zero-order valence-corrected chi connectivity index (χ0v) is 15.2. The van der Waals surface area contributed by atoms with Gasteiger partial charge in [0.2, 0.25) is 0 Å². The Morgan fingerprint density at radius 2 is 2.00 bits per heavy atom. The Kier molecular flexibility index (Phi) is 5.90. The van der Waals surface area contributed by atoms with E-state index in [9.17, 15) is 19.3 Å². The molecule has 5 nitrogen and oxygen atoms in total. The molecule has 138 valence electrons. The summed E-state index contributed by atoms with van der Waals surface area (Å²) in [5.41, 5.74) is 6.88. The number of hydrogen-bond donors (Lipinski definition) is 1. The van der Waals surface area contributed by atoms with Crippen molar-refractivity contribution in [2.75, 3.05) is 12.3 Å². The molecule has 0 bridgehead atoms. The van der Waals surface area contributed by atoms with E-state index in [2.05, 4.69) is 11.1 Å². The van der Waals surface area contributed by atoms with Crippen LogP contribution in [0.4, 0.5) is 14.6 Å². The van der Waals surface area contributed by atoms with Crippen LogP contribution in [0, 0.1) is 34.3 Å². The summed E-state index contributed by atoms with van der Waals surface area (Å²) < 4.78 is 33.0. The zero-order valence-electron chi connectivity index (χ0n) is 14.3. The fraction of sp³-hybridized carbons (Fsp3) is 0.316. The molecule has 1 unspecified atom stereocenters. The van der Waals surface area contributed by atoms with Gasteiger partial charge in [0.1, 0.15) is 40.2 Å². The van der Waals surface area contributed by atoms with E-state index < -0.39 is 17.7 Å². The van der Waals surface area contributed by atoms with Crippen molar-refractivity contribution in [2.45, 2.75) is 36.1 Å². The molecule has 0 spiro atoms. The van der Waals surface area contributed by atoms with E-state index in [4.69, 9.17) is 10.5 Å². The van der Waals surface area contributed by atoms with E-state index in [-0.39, 0.29) is 33.3 Å². The highest BCUT2D eigenvalue weighted by Gasteiger charge is 2.27. The fourth-order valence-corrected chi connectivity index (χ4v) is 4.00. The van der Waals surface area contributed by atoms with Crippen LogP contribution in [0.5, 0.6) is 0 Å². The smallest absolute Gasteiger partial charge is 0.143 e. The van der Waals surface area contributed by atoms with Gasteiger partial charge < -0.3 is 10.5 Å². The lowest BCUT2D eigenvalue weighted by Crippen LogP contribution is -2.16. The van der Waals surface area contributed by atoms with Gasteiger partial charge >= 0.3 is 0 Å². The third-order valence-electron chi connectivity index (χ3n) is 4.33. The van der Waals surface area contributed by atoms with Crippen molar-refractivity contribution in [3.05, 3.63) is 52.1 Å². The minimum Gasteiger partial charge on any atom is -0.383 e. The Hall–Kier alpha value is -2.68. The van der Waals surface area contributed by atoms with Crippen molar-refractivity contribution >= 4 is 17.6 Å². The summed E-state index contributed by atoms with van der Waals surface area (Å²) in [5, 5.41) is 19.5. The maximum absolute atomic E-state index is 13.9. The highest BCUT2D eigenvalue weighted by atomic mass is 32.2. The first kappa shape index (κ1) is 19.1. The van der Waals surface area contributed by atoms with Crippen molar-refractivity contribution < 1.29 is 13.5 Å². The number of thioether (sulfide) groups is 1. The number of halogens is 2. The largest absolute Gasteiger partial charge is 0.383 e. The van der Waals surface area contributed by atoms with Crippen LogP contribution < -0.4 is 5.73 Å². The molecular weight excluding hydrogens is 370 g/mol. The SMILES string of the molecule is N#Cc1c(N)nc(SCc2cc(F)ccc2F)c(C#N)c1C1CCCCO1. The lowest BCUT2D eigenvalue weighted by molar-refractivity contribution is 0.0145. The molecule has 1 atom stereocenters. The molecule has 1 aliphatic rings. The van der Waals surface area contributed by atoms with Gasteiger partial charge in [0.15, 0.2) is 0 Å². The number of anilines is 1. The summed E-state index contributed by atoms with van der Waals surface area (Å²) in [7, 11) is 0. The first-order valence-electron chi connectivity index (χ1n) is 8.37. The molecule has 1 aromatic heterocycles. The number of pyridine rings is 1. The predicted molar refractivity (Wildman–Crippen MR) is 96.5 cm³/mol. The van der Waals surface area contributed by atoms with Crippen molar-refractivity contribution in [1.82, 2.24) is 4.98 Å². The maximum Gasteiger partial charge on any atom is 0.143 e. The monoisotopic (exact) mass is 386 g/mol. The number of nitrogens with two attached hydrogens (primary N) is 1. The Balaban J connectivity index is 2.00. The van der Waals surface area contributed by atoms with E-state index in [0.29, 0.717) is 18.6 Å². The first-order valence-corrected chi connectivity index (χ1v) is 9.35. The number of nitriles is 2. The topological polar surface area (TPSA) is 95.7 Å². The van der Waals surface area contributed by atoms with Crippen molar-refractivity contribution in [3.8, 4) is 12.1 Å². The van der Waals surface area contributed by atoms with Gasteiger partial charge in [-0.25, -0.2) is 13.8 Å². The van der Waals surface area contributed by atoms with Gasteiger partial charge in [-0.3, -0.25) is 0 Å². The van der Waals surface area contributed by atoms with E-state index in [0.717, 1.165) is 42.8 Å². The van der Waals surface area contributed by atoms with Crippen LogP contribution in [0.25, 0.3) is 0 Å². The summed E-state index contributed by atoms with van der Waals surface area (Å²) in [4.78, 5) is 4.16. The van der Waals surface area contributed by atoms with Gasteiger partial charge in [0, 0.05) is 23.5 Å². The number of aromatic nitrogens is 1. The number of benzene rings is 1. The normalized spacial score (nSPS) is 16.5. The van der Waals surface area contributed by atoms with Crippen LogP contribution in [-0.4, -0.2) is 11.6 Å². The van der Waals surface area contributed by atoms with Gasteiger partial charge in [-0.1, -0.05) is 0 Å². The molecule has 2 N–H and O–H groups in total. The number of ether oxygens (including phenoxy) is 1. The second kappa shape index (κ2) is 8.34. The molecule has 1 saturated heterocycles. The van der Waals surface area contributed by atoms with Crippen LogP contribution in [-0.2, 0) is 10.5 Å². The van der Waals surface area contributed by atoms with Crippen LogP contribution in [0.3, 0.4) is 0 Å². The van der Waals surface area contributed by atoms with Crippen molar-refractivity contribution in [2.24, 2.45) is 0 Å². The van der Waals surface area contributed by atoms with Crippen LogP contribution in [0.2, 0.25) is 0 Å². The highest BCUT2D eigenvalue weighted by molar-refractivity contribution is 7.98. The molecule has 1 aliphatic heterocycles. The van der Waals surface area contributed by atoms with Gasteiger partial charge in [-0.15, -0.1) is 11.8 Å². The van der Waals surface area contributed by atoms with Gasteiger partial charge in [-0.05, 0) is 37.5 Å².